The smallest absolute Gasteiger partial charge is 0.00965 e. The van der Waals surface area contributed by atoms with Crippen LogP contribution in [0.15, 0.2) is 0 Å². The van der Waals surface area contributed by atoms with Gasteiger partial charge in [-0.05, 0) is 39.7 Å². The van der Waals surface area contributed by atoms with Gasteiger partial charge >= 0.3 is 0 Å². The predicted octanol–water partition coefficient (Wildman–Crippen LogP) is 3.34. The van der Waals surface area contributed by atoms with Crippen molar-refractivity contribution in [2.45, 2.75) is 64.8 Å². The van der Waals surface area contributed by atoms with E-state index in [0.717, 1.165) is 5.92 Å². The highest BCUT2D eigenvalue weighted by molar-refractivity contribution is 4.71. The third kappa shape index (κ3) is 5.30. The summed E-state index contributed by atoms with van der Waals surface area (Å²) in [4.78, 5) is 0. The number of hydrogen-bond acceptors (Lipinski definition) is 1. The highest BCUT2D eigenvalue weighted by atomic mass is 14.9. The lowest BCUT2D eigenvalue weighted by Gasteiger charge is -2.25. The molecule has 1 heteroatoms. The minimum atomic E-state index is 0.302. The van der Waals surface area contributed by atoms with Gasteiger partial charge in [-0.3, -0.25) is 0 Å². The Kier molecular flexibility index (Phi) is 4.24. The van der Waals surface area contributed by atoms with Crippen LogP contribution in [0.1, 0.15) is 59.3 Å². The van der Waals surface area contributed by atoms with E-state index in [0.29, 0.717) is 5.54 Å². The van der Waals surface area contributed by atoms with Crippen molar-refractivity contribution in [1.82, 2.24) is 5.32 Å². The van der Waals surface area contributed by atoms with Crippen LogP contribution in [0.3, 0.4) is 0 Å². The van der Waals surface area contributed by atoms with Crippen LogP contribution >= 0.6 is 0 Å². The van der Waals surface area contributed by atoms with Crippen LogP contribution in [-0.2, 0) is 0 Å². The Morgan fingerprint density at radius 1 is 1.15 bits per heavy atom. The lowest BCUT2D eigenvalue weighted by molar-refractivity contribution is 0.285. The fourth-order valence-corrected chi connectivity index (χ4v) is 1.80. The summed E-state index contributed by atoms with van der Waals surface area (Å²) in [5.74, 6) is 1.09. The maximum Gasteiger partial charge on any atom is 0.00965 e. The molecule has 0 amide bonds. The van der Waals surface area contributed by atoms with Crippen molar-refractivity contribution in [3.05, 3.63) is 0 Å². The van der Waals surface area contributed by atoms with Crippen molar-refractivity contribution in [2.75, 3.05) is 6.54 Å². The fraction of sp³-hybridized carbons (Fsp3) is 1.00. The molecular formula is C12H25N. The van der Waals surface area contributed by atoms with Crippen molar-refractivity contribution in [2.24, 2.45) is 5.92 Å². The number of hydrogen-bond donors (Lipinski definition) is 1. The normalized spacial score (nSPS) is 18.7. The van der Waals surface area contributed by atoms with Crippen molar-refractivity contribution in [3.8, 4) is 0 Å². The first kappa shape index (κ1) is 11.0. The summed E-state index contributed by atoms with van der Waals surface area (Å²) in [6.45, 7) is 7.90. The maximum atomic E-state index is 3.53. The van der Waals surface area contributed by atoms with E-state index in [1.165, 1.54) is 45.1 Å². The molecule has 0 heterocycles. The van der Waals surface area contributed by atoms with Gasteiger partial charge < -0.3 is 5.32 Å². The molecule has 0 spiro atoms. The fourth-order valence-electron chi connectivity index (χ4n) is 1.80. The van der Waals surface area contributed by atoms with Crippen LogP contribution < -0.4 is 5.32 Å². The highest BCUT2D eigenvalue weighted by Gasteiger charge is 2.16. The number of rotatable bonds is 5. The van der Waals surface area contributed by atoms with E-state index in [9.17, 15) is 0 Å². The van der Waals surface area contributed by atoms with Crippen LogP contribution in [0.25, 0.3) is 0 Å². The average molecular weight is 183 g/mol. The van der Waals surface area contributed by atoms with Crippen molar-refractivity contribution in [3.63, 3.8) is 0 Å². The van der Waals surface area contributed by atoms with Gasteiger partial charge in [0.25, 0.3) is 0 Å². The Morgan fingerprint density at radius 2 is 1.85 bits per heavy atom. The zero-order valence-corrected chi connectivity index (χ0v) is 9.53. The monoisotopic (exact) mass is 183 g/mol. The van der Waals surface area contributed by atoms with Crippen molar-refractivity contribution in [1.29, 1.82) is 0 Å². The predicted molar refractivity (Wildman–Crippen MR) is 58.9 cm³/mol. The van der Waals surface area contributed by atoms with Gasteiger partial charge in [0.15, 0.2) is 0 Å². The lowest BCUT2D eigenvalue weighted by Crippen LogP contribution is -2.36. The first-order valence-electron chi connectivity index (χ1n) is 5.83. The molecule has 0 unspecified atom stereocenters. The Balaban J connectivity index is 1.83. The minimum absolute atomic E-state index is 0.302. The van der Waals surface area contributed by atoms with Crippen LogP contribution in [0.5, 0.6) is 0 Å². The largest absolute Gasteiger partial charge is 0.312 e. The van der Waals surface area contributed by atoms with E-state index < -0.39 is 0 Å². The van der Waals surface area contributed by atoms with Crippen LogP contribution in [-0.4, -0.2) is 12.1 Å². The molecule has 0 aromatic carbocycles. The molecular weight excluding hydrogens is 158 g/mol. The zero-order valence-electron chi connectivity index (χ0n) is 9.53. The molecule has 0 atom stereocenters. The molecule has 0 radical (unpaired) electrons. The second-order valence-corrected chi connectivity index (χ2v) is 5.47. The summed E-state index contributed by atoms with van der Waals surface area (Å²) in [5, 5.41) is 3.53. The summed E-state index contributed by atoms with van der Waals surface area (Å²) in [6, 6.07) is 0. The second-order valence-electron chi connectivity index (χ2n) is 5.47. The third-order valence-corrected chi connectivity index (χ3v) is 2.92. The van der Waals surface area contributed by atoms with E-state index in [1.807, 2.05) is 0 Å². The van der Waals surface area contributed by atoms with Gasteiger partial charge in [-0.2, -0.15) is 0 Å². The van der Waals surface area contributed by atoms with E-state index in [2.05, 4.69) is 26.1 Å². The molecule has 13 heavy (non-hydrogen) atoms. The molecule has 0 bridgehead atoms. The Labute approximate surface area is 83.3 Å². The van der Waals surface area contributed by atoms with Crippen LogP contribution in [0.4, 0.5) is 0 Å². The van der Waals surface area contributed by atoms with Gasteiger partial charge in [-0.25, -0.2) is 0 Å². The summed E-state index contributed by atoms with van der Waals surface area (Å²) in [6.07, 6.45) is 8.76. The standard InChI is InChI=1S/C12H25N/c1-12(2,3)13-10-5-4-7-11-8-6-9-11/h11,13H,4-10H2,1-3H3. The summed E-state index contributed by atoms with van der Waals surface area (Å²) in [7, 11) is 0. The van der Waals surface area contributed by atoms with E-state index in [4.69, 9.17) is 0 Å². The van der Waals surface area contributed by atoms with Gasteiger partial charge in [-0.15, -0.1) is 0 Å². The van der Waals surface area contributed by atoms with Gasteiger partial charge in [0.1, 0.15) is 0 Å². The van der Waals surface area contributed by atoms with Gasteiger partial charge in [0.2, 0.25) is 0 Å². The SMILES string of the molecule is CC(C)(C)NCCCCC1CCC1. The first-order chi connectivity index (χ1) is 6.08. The molecule has 78 valence electrons. The highest BCUT2D eigenvalue weighted by Crippen LogP contribution is 2.30. The molecule has 0 aromatic rings. The number of unbranched alkanes of at least 4 members (excludes halogenated alkanes) is 1. The Morgan fingerprint density at radius 3 is 2.31 bits per heavy atom. The lowest BCUT2D eigenvalue weighted by atomic mass is 9.82. The summed E-state index contributed by atoms with van der Waals surface area (Å²) >= 11 is 0. The zero-order chi connectivity index (χ0) is 9.73. The van der Waals surface area contributed by atoms with Gasteiger partial charge in [0.05, 0.1) is 0 Å². The molecule has 0 aliphatic heterocycles. The topological polar surface area (TPSA) is 12.0 Å². The Hall–Kier alpha value is -0.0400. The maximum absolute atomic E-state index is 3.53. The molecule has 1 saturated carbocycles. The van der Waals surface area contributed by atoms with Gasteiger partial charge in [0, 0.05) is 5.54 Å². The molecule has 0 aromatic heterocycles. The van der Waals surface area contributed by atoms with Crippen LogP contribution in [0.2, 0.25) is 0 Å². The Bertz CT molecular complexity index is 131. The minimum Gasteiger partial charge on any atom is -0.312 e. The quantitative estimate of drug-likeness (QED) is 0.645. The van der Waals surface area contributed by atoms with Crippen molar-refractivity contribution >= 4 is 0 Å². The molecule has 1 fully saturated rings. The second kappa shape index (κ2) is 4.99. The molecule has 1 nitrogen and oxygen atoms in total. The number of nitrogens with one attached hydrogen (secondary N) is 1. The molecule has 1 rings (SSSR count). The summed E-state index contributed by atoms with van der Waals surface area (Å²) in [5.41, 5.74) is 0.302. The molecule has 1 aliphatic rings. The first-order valence-corrected chi connectivity index (χ1v) is 5.83. The van der Waals surface area contributed by atoms with Crippen molar-refractivity contribution < 1.29 is 0 Å². The molecule has 1 N–H and O–H groups in total. The average Bonchev–Trinajstić information content (AvgIpc) is 1.90. The van der Waals surface area contributed by atoms with Crippen LogP contribution in [0, 0.1) is 5.92 Å². The molecule has 1 aliphatic carbocycles. The third-order valence-electron chi connectivity index (χ3n) is 2.92. The van der Waals surface area contributed by atoms with Gasteiger partial charge in [-0.1, -0.05) is 32.1 Å². The van der Waals surface area contributed by atoms with E-state index in [1.54, 1.807) is 0 Å². The van der Waals surface area contributed by atoms with E-state index >= 15 is 0 Å². The summed E-state index contributed by atoms with van der Waals surface area (Å²) < 4.78 is 0. The molecule has 0 saturated heterocycles. The van der Waals surface area contributed by atoms with E-state index in [-0.39, 0.29) is 0 Å².